The standard InChI is InChI=1S/C23H37FN4O.HI/c1-4-25-23(28-10-7-19(16-28)13-17(2)3)26-15-18-5-6-22(21(24)14-18)27-11-8-20(29)9-12-27;/h5-6,14,17,19-20,29H,4,7-13,15-16H2,1-3H3,(H,25,26);1H. The fraction of sp³-hybridized carbons (Fsp3) is 0.696. The number of rotatable bonds is 6. The van der Waals surface area contributed by atoms with Gasteiger partial charge in [-0.1, -0.05) is 19.9 Å². The molecule has 5 nitrogen and oxygen atoms in total. The minimum atomic E-state index is -0.252. The van der Waals surface area contributed by atoms with E-state index in [1.54, 1.807) is 6.07 Å². The molecule has 0 aromatic heterocycles. The molecule has 0 amide bonds. The summed E-state index contributed by atoms with van der Waals surface area (Å²) in [6, 6.07) is 5.44. The normalized spacial score (nSPS) is 20.6. The Morgan fingerprint density at radius 3 is 2.60 bits per heavy atom. The largest absolute Gasteiger partial charge is 0.393 e. The molecule has 3 rings (SSSR count). The highest BCUT2D eigenvalue weighted by Gasteiger charge is 2.25. The van der Waals surface area contributed by atoms with Crippen LogP contribution in [0.2, 0.25) is 0 Å². The quantitative estimate of drug-likeness (QED) is 0.327. The molecule has 170 valence electrons. The highest BCUT2D eigenvalue weighted by atomic mass is 127. The van der Waals surface area contributed by atoms with Gasteiger partial charge in [0.2, 0.25) is 0 Å². The number of nitrogens with zero attached hydrogens (tertiary/aromatic N) is 3. The number of likely N-dealkylation sites (tertiary alicyclic amines) is 1. The smallest absolute Gasteiger partial charge is 0.194 e. The molecule has 1 aromatic carbocycles. The van der Waals surface area contributed by atoms with Gasteiger partial charge in [-0.3, -0.25) is 0 Å². The zero-order valence-corrected chi connectivity index (χ0v) is 20.9. The molecule has 1 unspecified atom stereocenters. The monoisotopic (exact) mass is 532 g/mol. The van der Waals surface area contributed by atoms with Gasteiger partial charge in [0.15, 0.2) is 5.96 Å². The Kier molecular flexibility index (Phi) is 10.1. The minimum absolute atomic E-state index is 0. The van der Waals surface area contributed by atoms with Gasteiger partial charge >= 0.3 is 0 Å². The summed E-state index contributed by atoms with van der Waals surface area (Å²) in [7, 11) is 0. The first-order valence-electron chi connectivity index (χ1n) is 11.2. The third-order valence-corrected chi connectivity index (χ3v) is 5.95. The topological polar surface area (TPSA) is 51.1 Å². The fourth-order valence-electron chi connectivity index (χ4n) is 4.49. The average molecular weight is 532 g/mol. The zero-order chi connectivity index (χ0) is 20.8. The van der Waals surface area contributed by atoms with Crippen LogP contribution in [0.25, 0.3) is 0 Å². The number of halogens is 2. The second-order valence-electron chi connectivity index (χ2n) is 8.90. The van der Waals surface area contributed by atoms with Crippen molar-refractivity contribution < 1.29 is 9.50 Å². The van der Waals surface area contributed by atoms with E-state index in [1.807, 2.05) is 17.0 Å². The first-order chi connectivity index (χ1) is 14.0. The summed E-state index contributed by atoms with van der Waals surface area (Å²) in [5, 5.41) is 13.1. The first-order valence-corrected chi connectivity index (χ1v) is 11.2. The Morgan fingerprint density at radius 2 is 1.97 bits per heavy atom. The van der Waals surface area contributed by atoms with Crippen LogP contribution in [0.1, 0.15) is 52.0 Å². The molecule has 0 aliphatic carbocycles. The van der Waals surface area contributed by atoms with Gasteiger partial charge in [0.25, 0.3) is 0 Å². The number of hydrogen-bond acceptors (Lipinski definition) is 3. The SMILES string of the molecule is CCNC(=NCc1ccc(N2CCC(O)CC2)c(F)c1)N1CCC(CC(C)C)C1.I. The molecule has 0 saturated carbocycles. The predicted octanol–water partition coefficient (Wildman–Crippen LogP) is 4.24. The van der Waals surface area contributed by atoms with Crippen LogP contribution in [0.15, 0.2) is 23.2 Å². The van der Waals surface area contributed by atoms with E-state index in [2.05, 4.69) is 31.0 Å². The molecule has 2 N–H and O–H groups in total. The predicted molar refractivity (Wildman–Crippen MR) is 133 cm³/mol. The third-order valence-electron chi connectivity index (χ3n) is 5.95. The van der Waals surface area contributed by atoms with Gasteiger partial charge in [0, 0.05) is 32.7 Å². The van der Waals surface area contributed by atoms with E-state index in [4.69, 9.17) is 4.99 Å². The number of guanidine groups is 1. The Hall–Kier alpha value is -1.09. The maximum absolute atomic E-state index is 14.7. The van der Waals surface area contributed by atoms with Crippen molar-refractivity contribution in [3.05, 3.63) is 29.6 Å². The van der Waals surface area contributed by atoms with Crippen molar-refractivity contribution in [2.45, 2.75) is 59.1 Å². The molecule has 1 atom stereocenters. The first kappa shape index (κ1) is 25.2. The Labute approximate surface area is 198 Å². The Morgan fingerprint density at radius 1 is 1.23 bits per heavy atom. The van der Waals surface area contributed by atoms with E-state index in [0.717, 1.165) is 43.0 Å². The number of anilines is 1. The molecule has 0 bridgehead atoms. The maximum Gasteiger partial charge on any atom is 0.194 e. The lowest BCUT2D eigenvalue weighted by Crippen LogP contribution is -2.40. The number of piperidine rings is 1. The van der Waals surface area contributed by atoms with Crippen LogP contribution in [0.3, 0.4) is 0 Å². The van der Waals surface area contributed by atoms with Crippen LogP contribution < -0.4 is 10.2 Å². The fourth-order valence-corrected chi connectivity index (χ4v) is 4.49. The van der Waals surface area contributed by atoms with Gasteiger partial charge in [-0.2, -0.15) is 0 Å². The number of aliphatic hydroxyl groups is 1. The van der Waals surface area contributed by atoms with Gasteiger partial charge in [-0.25, -0.2) is 9.38 Å². The van der Waals surface area contributed by atoms with Crippen molar-refractivity contribution in [1.82, 2.24) is 10.2 Å². The highest BCUT2D eigenvalue weighted by molar-refractivity contribution is 14.0. The van der Waals surface area contributed by atoms with Crippen molar-refractivity contribution in [2.75, 3.05) is 37.6 Å². The van der Waals surface area contributed by atoms with Crippen molar-refractivity contribution >= 4 is 35.6 Å². The molecule has 2 heterocycles. The van der Waals surface area contributed by atoms with E-state index in [9.17, 15) is 9.50 Å². The number of hydrogen-bond donors (Lipinski definition) is 2. The van der Waals surface area contributed by atoms with Crippen LogP contribution >= 0.6 is 24.0 Å². The van der Waals surface area contributed by atoms with Gasteiger partial charge in [0.1, 0.15) is 5.82 Å². The Balaban J connectivity index is 0.00000320. The molecule has 30 heavy (non-hydrogen) atoms. The second-order valence-corrected chi connectivity index (χ2v) is 8.90. The third kappa shape index (κ3) is 6.97. The minimum Gasteiger partial charge on any atom is -0.393 e. The number of benzene rings is 1. The summed E-state index contributed by atoms with van der Waals surface area (Å²) in [5.41, 5.74) is 1.52. The molecule has 1 aromatic rings. The lowest BCUT2D eigenvalue weighted by atomic mass is 9.97. The molecule has 2 aliphatic heterocycles. The summed E-state index contributed by atoms with van der Waals surface area (Å²) in [6.07, 6.45) is 3.63. The molecule has 2 fully saturated rings. The summed E-state index contributed by atoms with van der Waals surface area (Å²) >= 11 is 0. The highest BCUT2D eigenvalue weighted by Crippen LogP contribution is 2.25. The molecular formula is C23H38FIN4O. The van der Waals surface area contributed by atoms with Crippen molar-refractivity contribution in [1.29, 1.82) is 0 Å². The van der Waals surface area contributed by atoms with E-state index in [1.165, 1.54) is 12.8 Å². The van der Waals surface area contributed by atoms with Gasteiger partial charge in [-0.15, -0.1) is 24.0 Å². The van der Waals surface area contributed by atoms with Gasteiger partial charge in [0.05, 0.1) is 18.3 Å². The molecule has 2 aliphatic rings. The van der Waals surface area contributed by atoms with E-state index in [0.29, 0.717) is 38.2 Å². The number of nitrogens with one attached hydrogen (secondary N) is 1. The summed E-state index contributed by atoms with van der Waals surface area (Å²) in [6.45, 7) is 11.5. The van der Waals surface area contributed by atoms with E-state index >= 15 is 0 Å². The van der Waals surface area contributed by atoms with Crippen molar-refractivity contribution in [3.8, 4) is 0 Å². The molecule has 0 radical (unpaired) electrons. The van der Waals surface area contributed by atoms with E-state index in [-0.39, 0.29) is 35.9 Å². The van der Waals surface area contributed by atoms with Gasteiger partial charge < -0.3 is 20.2 Å². The average Bonchev–Trinajstić information content (AvgIpc) is 3.13. The maximum atomic E-state index is 14.7. The lowest BCUT2D eigenvalue weighted by molar-refractivity contribution is 0.145. The van der Waals surface area contributed by atoms with Crippen LogP contribution in [0.4, 0.5) is 10.1 Å². The van der Waals surface area contributed by atoms with Crippen LogP contribution in [0, 0.1) is 17.7 Å². The lowest BCUT2D eigenvalue weighted by Gasteiger charge is -2.31. The zero-order valence-electron chi connectivity index (χ0n) is 18.6. The molecule has 7 heteroatoms. The summed E-state index contributed by atoms with van der Waals surface area (Å²) in [4.78, 5) is 9.16. The van der Waals surface area contributed by atoms with Crippen LogP contribution in [-0.2, 0) is 6.54 Å². The molecule has 2 saturated heterocycles. The number of aliphatic imine (C=N–C) groups is 1. The van der Waals surface area contributed by atoms with Crippen molar-refractivity contribution in [3.63, 3.8) is 0 Å². The van der Waals surface area contributed by atoms with Crippen molar-refractivity contribution in [2.24, 2.45) is 16.8 Å². The summed E-state index contributed by atoms with van der Waals surface area (Å²) in [5.74, 6) is 2.20. The van der Waals surface area contributed by atoms with Crippen LogP contribution in [-0.4, -0.2) is 54.8 Å². The van der Waals surface area contributed by atoms with E-state index < -0.39 is 0 Å². The van der Waals surface area contributed by atoms with Crippen LogP contribution in [0.5, 0.6) is 0 Å². The van der Waals surface area contributed by atoms with Gasteiger partial charge in [-0.05, 0) is 62.1 Å². The Bertz CT molecular complexity index is 692. The number of aliphatic hydroxyl groups excluding tert-OH is 1. The molecular weight excluding hydrogens is 494 g/mol. The molecule has 0 spiro atoms. The second kappa shape index (κ2) is 12.1. The summed E-state index contributed by atoms with van der Waals surface area (Å²) < 4.78 is 14.7.